The van der Waals surface area contributed by atoms with Gasteiger partial charge in [-0.1, -0.05) is 78.5 Å². The van der Waals surface area contributed by atoms with Gasteiger partial charge < -0.3 is 10.1 Å². The van der Waals surface area contributed by atoms with Crippen molar-refractivity contribution in [2.75, 3.05) is 11.1 Å². The van der Waals surface area contributed by atoms with Gasteiger partial charge in [0, 0.05) is 16.9 Å². The summed E-state index contributed by atoms with van der Waals surface area (Å²) in [5.74, 6) is -0.225. The number of esters is 1. The zero-order valence-electron chi connectivity index (χ0n) is 19.8. The number of aryl methyl sites for hydroxylation is 2. The van der Waals surface area contributed by atoms with Crippen molar-refractivity contribution in [2.24, 2.45) is 0 Å². The molecular weight excluding hydrogens is 460 g/mol. The molecule has 3 aromatic carbocycles. The highest BCUT2D eigenvalue weighted by atomic mass is 32.2. The van der Waals surface area contributed by atoms with Crippen molar-refractivity contribution in [3.63, 3.8) is 0 Å². The van der Waals surface area contributed by atoms with Crippen LogP contribution in [0, 0.1) is 13.8 Å². The topological polar surface area (TPSA) is 86.1 Å². The van der Waals surface area contributed by atoms with Crippen LogP contribution in [-0.2, 0) is 14.3 Å². The van der Waals surface area contributed by atoms with Crippen LogP contribution < -0.4 is 5.32 Å². The first-order chi connectivity index (χ1) is 16.9. The van der Waals surface area contributed by atoms with Crippen molar-refractivity contribution >= 4 is 29.3 Å². The number of benzene rings is 3. The summed E-state index contributed by atoms with van der Waals surface area (Å²) in [5.41, 5.74) is 4.42. The third-order valence-corrected chi connectivity index (χ3v) is 6.31. The van der Waals surface area contributed by atoms with Gasteiger partial charge in [-0.15, -0.1) is 10.2 Å². The zero-order chi connectivity index (χ0) is 24.8. The van der Waals surface area contributed by atoms with E-state index in [1.54, 1.807) is 6.92 Å². The first kappa shape index (κ1) is 24.2. The van der Waals surface area contributed by atoms with E-state index in [2.05, 4.69) is 15.5 Å². The Labute approximate surface area is 208 Å². The van der Waals surface area contributed by atoms with Crippen LogP contribution in [0.15, 0.2) is 84.0 Å². The smallest absolute Gasteiger partial charge is 0.317 e. The molecule has 1 N–H and O–H groups in total. The molecule has 178 valence electrons. The van der Waals surface area contributed by atoms with E-state index >= 15 is 0 Å². The van der Waals surface area contributed by atoms with Gasteiger partial charge in [0.2, 0.25) is 0 Å². The molecule has 4 rings (SSSR count). The van der Waals surface area contributed by atoms with Crippen molar-refractivity contribution in [2.45, 2.75) is 32.0 Å². The number of carbonyl (C=O) groups is 2. The number of ether oxygens (including phenoxy) is 1. The molecule has 7 nitrogen and oxygen atoms in total. The van der Waals surface area contributed by atoms with E-state index < -0.39 is 12.1 Å². The molecule has 1 aromatic heterocycles. The van der Waals surface area contributed by atoms with Gasteiger partial charge in [0.05, 0.1) is 5.75 Å². The lowest BCUT2D eigenvalue weighted by Gasteiger charge is -2.16. The maximum atomic E-state index is 12.6. The summed E-state index contributed by atoms with van der Waals surface area (Å²) in [6.45, 7) is 5.40. The normalized spacial score (nSPS) is 11.6. The second-order valence-corrected chi connectivity index (χ2v) is 8.96. The standard InChI is InChI=1S/C27H26N4O3S/c1-18-11-10-12-19(2)24(18)28-26(33)20(3)34-23(32)17-35-27-30-29-25(21-13-6-4-7-14-21)31(27)22-15-8-5-9-16-22/h4-16,20H,17H2,1-3H3,(H,28,33). The summed E-state index contributed by atoms with van der Waals surface area (Å²) >= 11 is 1.21. The van der Waals surface area contributed by atoms with E-state index in [0.717, 1.165) is 28.1 Å². The number of rotatable bonds is 8. The predicted octanol–water partition coefficient (Wildman–Crippen LogP) is 5.21. The summed E-state index contributed by atoms with van der Waals surface area (Å²) in [6.07, 6.45) is -0.936. The average molecular weight is 487 g/mol. The van der Waals surface area contributed by atoms with Crippen LogP contribution in [0.3, 0.4) is 0 Å². The van der Waals surface area contributed by atoms with Crippen molar-refractivity contribution in [3.05, 3.63) is 90.0 Å². The molecule has 0 saturated heterocycles. The fourth-order valence-electron chi connectivity index (χ4n) is 3.59. The number of hydrogen-bond donors (Lipinski definition) is 1. The molecule has 1 atom stereocenters. The zero-order valence-corrected chi connectivity index (χ0v) is 20.6. The van der Waals surface area contributed by atoms with Gasteiger partial charge in [0.25, 0.3) is 5.91 Å². The molecule has 0 spiro atoms. The predicted molar refractivity (Wildman–Crippen MR) is 138 cm³/mol. The molecule has 0 aliphatic carbocycles. The Hall–Kier alpha value is -3.91. The van der Waals surface area contributed by atoms with E-state index in [-0.39, 0.29) is 11.7 Å². The lowest BCUT2D eigenvalue weighted by atomic mass is 10.1. The average Bonchev–Trinajstić information content (AvgIpc) is 3.30. The number of carbonyl (C=O) groups excluding carboxylic acids is 2. The van der Waals surface area contributed by atoms with Gasteiger partial charge >= 0.3 is 5.97 Å². The molecule has 1 unspecified atom stereocenters. The minimum absolute atomic E-state index is 0.0131. The van der Waals surface area contributed by atoms with Crippen LogP contribution in [0.5, 0.6) is 0 Å². The largest absolute Gasteiger partial charge is 0.452 e. The molecule has 8 heteroatoms. The monoisotopic (exact) mass is 486 g/mol. The van der Waals surface area contributed by atoms with Crippen LogP contribution in [-0.4, -0.2) is 38.5 Å². The minimum atomic E-state index is -0.936. The van der Waals surface area contributed by atoms with Gasteiger partial charge in [-0.3, -0.25) is 14.2 Å². The molecule has 0 radical (unpaired) electrons. The van der Waals surface area contributed by atoms with Crippen LogP contribution in [0.2, 0.25) is 0 Å². The number of para-hydroxylation sites is 2. The molecule has 1 heterocycles. The lowest BCUT2D eigenvalue weighted by Crippen LogP contribution is -2.31. The lowest BCUT2D eigenvalue weighted by molar-refractivity contribution is -0.150. The van der Waals surface area contributed by atoms with Crippen LogP contribution in [0.25, 0.3) is 17.1 Å². The van der Waals surface area contributed by atoms with Crippen molar-refractivity contribution in [3.8, 4) is 17.1 Å². The van der Waals surface area contributed by atoms with Crippen LogP contribution >= 0.6 is 11.8 Å². The maximum absolute atomic E-state index is 12.6. The second-order valence-electron chi connectivity index (χ2n) is 8.02. The Bertz CT molecular complexity index is 1300. The minimum Gasteiger partial charge on any atom is -0.452 e. The summed E-state index contributed by atoms with van der Waals surface area (Å²) in [5, 5.41) is 12.1. The summed E-state index contributed by atoms with van der Waals surface area (Å²) in [7, 11) is 0. The number of amides is 1. The number of thioether (sulfide) groups is 1. The molecule has 1 amide bonds. The van der Waals surface area contributed by atoms with E-state index in [1.165, 1.54) is 11.8 Å². The van der Waals surface area contributed by atoms with E-state index in [1.807, 2.05) is 97.3 Å². The van der Waals surface area contributed by atoms with Crippen LogP contribution in [0.4, 0.5) is 5.69 Å². The Morgan fingerprint density at radius 3 is 2.20 bits per heavy atom. The fraction of sp³-hybridized carbons (Fsp3) is 0.185. The van der Waals surface area contributed by atoms with Gasteiger partial charge in [0.15, 0.2) is 17.1 Å². The third-order valence-electron chi connectivity index (χ3n) is 5.41. The Balaban J connectivity index is 1.44. The Morgan fingerprint density at radius 2 is 1.54 bits per heavy atom. The number of nitrogens with one attached hydrogen (secondary N) is 1. The van der Waals surface area contributed by atoms with Gasteiger partial charge in [-0.25, -0.2) is 0 Å². The molecule has 35 heavy (non-hydrogen) atoms. The number of nitrogens with zero attached hydrogens (tertiary/aromatic N) is 3. The van der Waals surface area contributed by atoms with Crippen LogP contribution in [0.1, 0.15) is 18.1 Å². The Kier molecular flexibility index (Phi) is 7.62. The highest BCUT2D eigenvalue weighted by Crippen LogP contribution is 2.28. The highest BCUT2D eigenvalue weighted by Gasteiger charge is 2.21. The summed E-state index contributed by atoms with van der Waals surface area (Å²) in [4.78, 5) is 25.2. The molecular formula is C27H26N4O3S. The SMILES string of the molecule is Cc1cccc(C)c1NC(=O)C(C)OC(=O)CSc1nnc(-c2ccccc2)n1-c1ccccc1. The van der Waals surface area contributed by atoms with Gasteiger partial charge in [-0.2, -0.15) is 0 Å². The first-order valence-corrected chi connectivity index (χ1v) is 12.2. The molecule has 0 aliphatic rings. The molecule has 0 aliphatic heterocycles. The summed E-state index contributed by atoms with van der Waals surface area (Å²) in [6, 6.07) is 25.2. The second kappa shape index (κ2) is 11.0. The summed E-state index contributed by atoms with van der Waals surface area (Å²) < 4.78 is 7.30. The Morgan fingerprint density at radius 1 is 0.914 bits per heavy atom. The van der Waals surface area contributed by atoms with Gasteiger partial charge in [-0.05, 0) is 44.0 Å². The van der Waals surface area contributed by atoms with E-state index in [4.69, 9.17) is 4.74 Å². The van der Waals surface area contributed by atoms with Crippen molar-refractivity contribution < 1.29 is 14.3 Å². The molecule has 4 aromatic rings. The van der Waals surface area contributed by atoms with Crippen molar-refractivity contribution in [1.82, 2.24) is 14.8 Å². The fourth-order valence-corrected chi connectivity index (χ4v) is 4.33. The molecule has 0 saturated carbocycles. The highest BCUT2D eigenvalue weighted by molar-refractivity contribution is 7.99. The first-order valence-electron chi connectivity index (χ1n) is 11.2. The number of aromatic nitrogens is 3. The maximum Gasteiger partial charge on any atom is 0.317 e. The van der Waals surface area contributed by atoms with E-state index in [9.17, 15) is 9.59 Å². The molecule has 0 bridgehead atoms. The van der Waals surface area contributed by atoms with E-state index in [0.29, 0.717) is 11.0 Å². The third kappa shape index (κ3) is 5.78. The van der Waals surface area contributed by atoms with Gasteiger partial charge in [0.1, 0.15) is 0 Å². The molecule has 0 fully saturated rings. The number of hydrogen-bond acceptors (Lipinski definition) is 6. The van der Waals surface area contributed by atoms with Crippen molar-refractivity contribution in [1.29, 1.82) is 0 Å². The number of anilines is 1. The quantitative estimate of drug-likeness (QED) is 0.272.